The van der Waals surface area contributed by atoms with Gasteiger partial charge in [0.1, 0.15) is 5.75 Å². The topological polar surface area (TPSA) is 40.8 Å². The van der Waals surface area contributed by atoms with Crippen LogP contribution in [0.15, 0.2) is 54.9 Å². The predicted octanol–water partition coefficient (Wildman–Crippen LogP) is 4.44. The second-order valence-corrected chi connectivity index (χ2v) is 5.58. The first-order valence-electron chi connectivity index (χ1n) is 7.54. The third-order valence-electron chi connectivity index (χ3n) is 4.31. The molecule has 0 aliphatic carbocycles. The maximum absolute atomic E-state index is 5.27. The lowest BCUT2D eigenvalue weighted by molar-refractivity contribution is 0.415. The number of hydrogen-bond acceptors (Lipinski definition) is 1. The SMILES string of the molecule is COc1ccc2c(CCc3c[nH]c4ccccc34)c[nH]c2c1. The Morgan fingerprint density at radius 1 is 0.818 bits per heavy atom. The zero-order chi connectivity index (χ0) is 14.9. The first kappa shape index (κ1) is 13.0. The predicted molar refractivity (Wildman–Crippen MR) is 90.6 cm³/mol. The van der Waals surface area contributed by atoms with Crippen molar-refractivity contribution in [3.8, 4) is 5.75 Å². The van der Waals surface area contributed by atoms with Gasteiger partial charge in [0.15, 0.2) is 0 Å². The molecule has 3 heteroatoms. The molecule has 0 fully saturated rings. The van der Waals surface area contributed by atoms with Crippen LogP contribution < -0.4 is 4.74 Å². The van der Waals surface area contributed by atoms with Crippen molar-refractivity contribution in [3.05, 3.63) is 66.0 Å². The molecule has 2 N–H and O–H groups in total. The van der Waals surface area contributed by atoms with Gasteiger partial charge in [-0.3, -0.25) is 0 Å². The number of nitrogens with one attached hydrogen (secondary N) is 2. The van der Waals surface area contributed by atoms with Crippen LogP contribution in [0.1, 0.15) is 11.1 Å². The zero-order valence-corrected chi connectivity index (χ0v) is 12.5. The number of para-hydroxylation sites is 1. The first-order chi connectivity index (χ1) is 10.8. The van der Waals surface area contributed by atoms with E-state index >= 15 is 0 Å². The quantitative estimate of drug-likeness (QED) is 0.573. The molecule has 0 aliphatic heterocycles. The van der Waals surface area contributed by atoms with E-state index in [9.17, 15) is 0 Å². The van der Waals surface area contributed by atoms with Crippen LogP contribution in [0.2, 0.25) is 0 Å². The fourth-order valence-corrected chi connectivity index (χ4v) is 3.11. The third kappa shape index (κ3) is 2.15. The Kier molecular flexibility index (Phi) is 3.11. The summed E-state index contributed by atoms with van der Waals surface area (Å²) in [6, 6.07) is 14.7. The summed E-state index contributed by atoms with van der Waals surface area (Å²) in [6.45, 7) is 0. The van der Waals surface area contributed by atoms with Gasteiger partial charge in [-0.15, -0.1) is 0 Å². The molecule has 3 nitrogen and oxygen atoms in total. The van der Waals surface area contributed by atoms with Gasteiger partial charge < -0.3 is 14.7 Å². The number of aromatic nitrogens is 2. The van der Waals surface area contributed by atoms with Gasteiger partial charge in [0, 0.05) is 40.3 Å². The highest BCUT2D eigenvalue weighted by Crippen LogP contribution is 2.25. The number of benzene rings is 2. The van der Waals surface area contributed by atoms with Gasteiger partial charge in [0.2, 0.25) is 0 Å². The molecular weight excluding hydrogens is 272 g/mol. The van der Waals surface area contributed by atoms with E-state index < -0.39 is 0 Å². The molecule has 110 valence electrons. The molecule has 2 aromatic heterocycles. The van der Waals surface area contributed by atoms with Gasteiger partial charge in [-0.25, -0.2) is 0 Å². The van der Waals surface area contributed by atoms with Crippen molar-refractivity contribution in [3.63, 3.8) is 0 Å². The van der Waals surface area contributed by atoms with Gasteiger partial charge in [-0.05, 0) is 42.2 Å². The Balaban J connectivity index is 1.61. The van der Waals surface area contributed by atoms with E-state index in [4.69, 9.17) is 4.74 Å². The van der Waals surface area contributed by atoms with Gasteiger partial charge in [-0.1, -0.05) is 18.2 Å². The molecule has 4 aromatic rings. The zero-order valence-electron chi connectivity index (χ0n) is 12.5. The average Bonchev–Trinajstić information content (AvgIpc) is 3.16. The lowest BCUT2D eigenvalue weighted by Crippen LogP contribution is -1.89. The maximum atomic E-state index is 5.27. The number of fused-ring (bicyclic) bond motifs is 2. The summed E-state index contributed by atoms with van der Waals surface area (Å²) in [5.41, 5.74) is 5.07. The van der Waals surface area contributed by atoms with Crippen LogP contribution in [-0.2, 0) is 12.8 Å². The van der Waals surface area contributed by atoms with Crippen molar-refractivity contribution in [1.29, 1.82) is 0 Å². The highest BCUT2D eigenvalue weighted by molar-refractivity contribution is 5.85. The lowest BCUT2D eigenvalue weighted by Gasteiger charge is -2.02. The van der Waals surface area contributed by atoms with E-state index in [0.717, 1.165) is 24.1 Å². The van der Waals surface area contributed by atoms with Crippen LogP contribution in [0, 0.1) is 0 Å². The van der Waals surface area contributed by atoms with Crippen LogP contribution in [-0.4, -0.2) is 17.1 Å². The van der Waals surface area contributed by atoms with Crippen molar-refractivity contribution in [2.45, 2.75) is 12.8 Å². The molecular formula is C19H18N2O. The van der Waals surface area contributed by atoms with Crippen LogP contribution in [0.5, 0.6) is 5.75 Å². The van der Waals surface area contributed by atoms with Crippen molar-refractivity contribution < 1.29 is 4.74 Å². The molecule has 0 bridgehead atoms. The fraction of sp³-hybridized carbons (Fsp3) is 0.158. The first-order valence-corrected chi connectivity index (χ1v) is 7.54. The van der Waals surface area contributed by atoms with Crippen molar-refractivity contribution in [2.75, 3.05) is 7.11 Å². The molecule has 2 aromatic carbocycles. The summed E-state index contributed by atoms with van der Waals surface area (Å²) in [6.07, 6.45) is 6.29. The largest absolute Gasteiger partial charge is 0.497 e. The lowest BCUT2D eigenvalue weighted by atomic mass is 10.0. The molecule has 0 atom stereocenters. The molecule has 0 saturated carbocycles. The number of rotatable bonds is 4. The van der Waals surface area contributed by atoms with Crippen molar-refractivity contribution in [2.24, 2.45) is 0 Å². The molecule has 0 spiro atoms. The summed E-state index contributed by atoms with van der Waals surface area (Å²) < 4.78 is 5.27. The molecule has 0 unspecified atom stereocenters. The van der Waals surface area contributed by atoms with Gasteiger partial charge in [0.05, 0.1) is 7.11 Å². The Hall–Kier alpha value is -2.68. The minimum absolute atomic E-state index is 0.887. The van der Waals surface area contributed by atoms with Gasteiger partial charge in [0.25, 0.3) is 0 Å². The minimum Gasteiger partial charge on any atom is -0.497 e. The van der Waals surface area contributed by atoms with E-state index in [1.165, 1.54) is 27.4 Å². The van der Waals surface area contributed by atoms with E-state index in [1.54, 1.807) is 7.11 Å². The number of H-pyrrole nitrogens is 2. The minimum atomic E-state index is 0.887. The molecule has 0 saturated heterocycles. The number of hydrogen-bond donors (Lipinski definition) is 2. The molecule has 0 amide bonds. The van der Waals surface area contributed by atoms with Crippen LogP contribution in [0.25, 0.3) is 21.8 Å². The van der Waals surface area contributed by atoms with E-state index in [1.807, 2.05) is 12.1 Å². The Labute approximate surface area is 128 Å². The monoisotopic (exact) mass is 290 g/mol. The fourth-order valence-electron chi connectivity index (χ4n) is 3.11. The summed E-state index contributed by atoms with van der Waals surface area (Å²) in [5.74, 6) is 0.887. The van der Waals surface area contributed by atoms with Crippen LogP contribution in [0.4, 0.5) is 0 Å². The van der Waals surface area contributed by atoms with Crippen molar-refractivity contribution in [1.82, 2.24) is 9.97 Å². The smallest absolute Gasteiger partial charge is 0.120 e. The van der Waals surface area contributed by atoms with Crippen LogP contribution in [0.3, 0.4) is 0 Å². The van der Waals surface area contributed by atoms with E-state index in [0.29, 0.717) is 0 Å². The van der Waals surface area contributed by atoms with Gasteiger partial charge in [-0.2, -0.15) is 0 Å². The number of methoxy groups -OCH3 is 1. The highest BCUT2D eigenvalue weighted by Gasteiger charge is 2.07. The molecule has 4 rings (SSSR count). The van der Waals surface area contributed by atoms with Gasteiger partial charge >= 0.3 is 0 Å². The standard InChI is InChI=1S/C19H18N2O/c1-22-15-8-9-17-14(12-21-19(17)10-15)7-6-13-11-20-18-5-3-2-4-16(13)18/h2-5,8-12,20-21H,6-7H2,1H3. The Morgan fingerprint density at radius 3 is 2.27 bits per heavy atom. The number of aromatic amines is 2. The summed E-state index contributed by atoms with van der Waals surface area (Å²) >= 11 is 0. The maximum Gasteiger partial charge on any atom is 0.120 e. The van der Waals surface area contributed by atoms with Crippen LogP contribution >= 0.6 is 0 Å². The summed E-state index contributed by atoms with van der Waals surface area (Å²) in [5, 5.41) is 2.60. The van der Waals surface area contributed by atoms with E-state index in [-0.39, 0.29) is 0 Å². The van der Waals surface area contributed by atoms with Crippen molar-refractivity contribution >= 4 is 21.8 Å². The molecule has 0 aliphatic rings. The highest BCUT2D eigenvalue weighted by atomic mass is 16.5. The van der Waals surface area contributed by atoms with E-state index in [2.05, 4.69) is 52.7 Å². The normalized spacial score (nSPS) is 11.3. The average molecular weight is 290 g/mol. The molecule has 2 heterocycles. The Bertz CT molecular complexity index is 933. The third-order valence-corrected chi connectivity index (χ3v) is 4.31. The molecule has 0 radical (unpaired) electrons. The Morgan fingerprint density at radius 2 is 1.50 bits per heavy atom. The second-order valence-electron chi connectivity index (χ2n) is 5.58. The second kappa shape index (κ2) is 5.26. The molecule has 22 heavy (non-hydrogen) atoms. The number of ether oxygens (including phenoxy) is 1. The summed E-state index contributed by atoms with van der Waals surface area (Å²) in [4.78, 5) is 6.69. The summed E-state index contributed by atoms with van der Waals surface area (Å²) in [7, 11) is 1.70. The number of aryl methyl sites for hydroxylation is 2.